The number of methoxy groups -OCH3 is 1. The molecule has 1 aliphatic heterocycles. The maximum atomic E-state index is 12.7. The van der Waals surface area contributed by atoms with E-state index in [4.69, 9.17) is 4.74 Å². The van der Waals surface area contributed by atoms with Crippen LogP contribution in [-0.4, -0.2) is 40.5 Å². The highest BCUT2D eigenvalue weighted by Crippen LogP contribution is 2.23. The van der Waals surface area contributed by atoms with Gasteiger partial charge in [0, 0.05) is 36.4 Å². The van der Waals surface area contributed by atoms with Gasteiger partial charge in [-0.25, -0.2) is 4.79 Å². The molecule has 1 fully saturated rings. The molecule has 2 N–H and O–H groups in total. The molecule has 160 valence electrons. The van der Waals surface area contributed by atoms with Crippen LogP contribution < -0.4 is 15.4 Å². The highest BCUT2D eigenvalue weighted by molar-refractivity contribution is 6.04. The first-order valence-corrected chi connectivity index (χ1v) is 10.0. The van der Waals surface area contributed by atoms with Crippen LogP contribution in [0.2, 0.25) is 0 Å². The summed E-state index contributed by atoms with van der Waals surface area (Å²) in [6, 6.07) is 13.8. The predicted octanol–water partition coefficient (Wildman–Crippen LogP) is 3.03. The number of hydrogen-bond acceptors (Lipinski definition) is 4. The number of anilines is 1. The summed E-state index contributed by atoms with van der Waals surface area (Å²) in [4.78, 5) is 38.6. The van der Waals surface area contributed by atoms with Crippen LogP contribution in [0.5, 0.6) is 5.75 Å². The second-order valence-corrected chi connectivity index (χ2v) is 7.53. The van der Waals surface area contributed by atoms with E-state index in [0.717, 1.165) is 21.4 Å². The maximum Gasteiger partial charge on any atom is 0.325 e. The van der Waals surface area contributed by atoms with E-state index in [2.05, 4.69) is 10.6 Å². The Hall–Kier alpha value is -3.81. The van der Waals surface area contributed by atoms with Gasteiger partial charge in [-0.2, -0.15) is 0 Å². The Morgan fingerprint density at radius 1 is 1.16 bits per heavy atom. The minimum Gasteiger partial charge on any atom is -0.496 e. The average Bonchev–Trinajstić information content (AvgIpc) is 3.26. The Balaban J connectivity index is 1.35. The number of aromatic nitrogens is 1. The van der Waals surface area contributed by atoms with Gasteiger partial charge < -0.3 is 19.9 Å². The van der Waals surface area contributed by atoms with Crippen LogP contribution in [0.3, 0.4) is 0 Å². The third-order valence-corrected chi connectivity index (χ3v) is 5.46. The summed E-state index contributed by atoms with van der Waals surface area (Å²) in [5, 5.41) is 6.63. The van der Waals surface area contributed by atoms with Crippen molar-refractivity contribution < 1.29 is 19.1 Å². The lowest BCUT2D eigenvalue weighted by molar-refractivity contribution is -0.128. The summed E-state index contributed by atoms with van der Waals surface area (Å²) in [7, 11) is 3.49. The van der Waals surface area contributed by atoms with Crippen molar-refractivity contribution in [3.8, 4) is 5.75 Å². The minimum absolute atomic E-state index is 0.115. The Bertz CT molecular complexity index is 1150. The fraction of sp³-hybridized carbons (Fsp3) is 0.261. The molecule has 4 rings (SSSR count). The molecular formula is C23H24N4O4. The number of carbonyl (C=O) groups is 3. The van der Waals surface area contributed by atoms with Crippen molar-refractivity contribution in [2.24, 2.45) is 7.05 Å². The molecule has 2 aromatic carbocycles. The third-order valence-electron chi connectivity index (χ3n) is 5.46. The molecule has 1 atom stereocenters. The van der Waals surface area contributed by atoms with Crippen molar-refractivity contribution in [2.45, 2.75) is 25.4 Å². The zero-order valence-electron chi connectivity index (χ0n) is 17.4. The normalized spacial score (nSPS) is 15.9. The predicted molar refractivity (Wildman–Crippen MR) is 117 cm³/mol. The van der Waals surface area contributed by atoms with Crippen LogP contribution >= 0.6 is 0 Å². The molecule has 1 aliphatic rings. The molecule has 0 unspecified atom stereocenters. The van der Waals surface area contributed by atoms with Gasteiger partial charge in [-0.15, -0.1) is 0 Å². The number of nitrogens with zero attached hydrogens (tertiary/aromatic N) is 2. The number of para-hydroxylation sites is 1. The molecule has 0 radical (unpaired) electrons. The first kappa shape index (κ1) is 20.5. The van der Waals surface area contributed by atoms with E-state index in [1.54, 1.807) is 13.2 Å². The number of rotatable bonds is 7. The van der Waals surface area contributed by atoms with Gasteiger partial charge in [-0.3, -0.25) is 14.5 Å². The molecular weight excluding hydrogens is 396 g/mol. The van der Waals surface area contributed by atoms with Crippen molar-refractivity contribution in [2.75, 3.05) is 12.4 Å². The number of hydrogen-bond donors (Lipinski definition) is 2. The number of fused-ring (bicyclic) bond motifs is 1. The molecule has 0 spiro atoms. The fourth-order valence-electron chi connectivity index (χ4n) is 3.77. The van der Waals surface area contributed by atoms with E-state index < -0.39 is 12.1 Å². The third kappa shape index (κ3) is 4.23. The maximum absolute atomic E-state index is 12.7. The fourth-order valence-corrected chi connectivity index (χ4v) is 3.77. The van der Waals surface area contributed by atoms with Gasteiger partial charge in [-0.05, 0) is 36.1 Å². The van der Waals surface area contributed by atoms with Crippen LogP contribution in [0.1, 0.15) is 18.4 Å². The van der Waals surface area contributed by atoms with E-state index in [9.17, 15) is 14.4 Å². The standard InChI is InChI=1S/C23H24N4O4/c1-26-12-11-15-7-8-17(13-19(15)26)24-21(28)10-9-18-22(29)27(23(30)25-18)14-16-5-3-4-6-20(16)31-2/h3-8,11-13,18H,9-10,14H2,1-2H3,(H,24,28)(H,25,30)/t18-/m0/s1. The second-order valence-electron chi connectivity index (χ2n) is 7.53. The number of carbonyl (C=O) groups excluding carboxylic acids is 3. The average molecular weight is 420 g/mol. The van der Waals surface area contributed by atoms with Crippen LogP contribution in [0, 0.1) is 0 Å². The number of ether oxygens (including phenoxy) is 1. The quantitative estimate of drug-likeness (QED) is 0.575. The van der Waals surface area contributed by atoms with E-state index in [1.165, 1.54) is 0 Å². The van der Waals surface area contributed by atoms with Crippen LogP contribution in [-0.2, 0) is 23.2 Å². The van der Waals surface area contributed by atoms with Crippen molar-refractivity contribution in [3.05, 3.63) is 60.3 Å². The van der Waals surface area contributed by atoms with Gasteiger partial charge in [0.15, 0.2) is 0 Å². The second kappa shape index (κ2) is 8.51. The van der Waals surface area contributed by atoms with E-state index >= 15 is 0 Å². The van der Waals surface area contributed by atoms with Gasteiger partial charge in [0.1, 0.15) is 11.8 Å². The number of nitrogens with one attached hydrogen (secondary N) is 2. The van der Waals surface area contributed by atoms with Crippen LogP contribution in [0.25, 0.3) is 10.9 Å². The summed E-state index contributed by atoms with van der Waals surface area (Å²) in [6.45, 7) is 0.119. The molecule has 2 heterocycles. The smallest absolute Gasteiger partial charge is 0.325 e. The minimum atomic E-state index is -0.719. The molecule has 4 amide bonds. The van der Waals surface area contributed by atoms with Crippen molar-refractivity contribution in [1.82, 2.24) is 14.8 Å². The van der Waals surface area contributed by atoms with E-state index in [-0.39, 0.29) is 31.2 Å². The summed E-state index contributed by atoms with van der Waals surface area (Å²) in [5.41, 5.74) is 2.45. The summed E-state index contributed by atoms with van der Waals surface area (Å²) < 4.78 is 7.27. The molecule has 0 bridgehead atoms. The first-order chi connectivity index (χ1) is 15.0. The lowest BCUT2D eigenvalue weighted by Crippen LogP contribution is -2.31. The van der Waals surface area contributed by atoms with Crippen LogP contribution in [0.4, 0.5) is 10.5 Å². The summed E-state index contributed by atoms with van der Waals surface area (Å²) >= 11 is 0. The van der Waals surface area contributed by atoms with Crippen LogP contribution in [0.15, 0.2) is 54.7 Å². The van der Waals surface area contributed by atoms with Crippen molar-refractivity contribution in [1.29, 1.82) is 0 Å². The monoisotopic (exact) mass is 420 g/mol. The number of imide groups is 1. The van der Waals surface area contributed by atoms with Crippen molar-refractivity contribution >= 4 is 34.4 Å². The van der Waals surface area contributed by atoms with Gasteiger partial charge in [0.25, 0.3) is 5.91 Å². The molecule has 1 aromatic heterocycles. The Morgan fingerprint density at radius 3 is 2.77 bits per heavy atom. The molecule has 8 heteroatoms. The lowest BCUT2D eigenvalue weighted by Gasteiger charge is -2.15. The topological polar surface area (TPSA) is 92.7 Å². The number of amides is 4. The Morgan fingerprint density at radius 2 is 1.97 bits per heavy atom. The highest BCUT2D eigenvalue weighted by atomic mass is 16.5. The summed E-state index contributed by atoms with van der Waals surface area (Å²) in [6.07, 6.45) is 2.30. The Labute approximate surface area is 179 Å². The van der Waals surface area contributed by atoms with Gasteiger partial charge in [0.2, 0.25) is 5.91 Å². The largest absolute Gasteiger partial charge is 0.496 e. The highest BCUT2D eigenvalue weighted by Gasteiger charge is 2.38. The molecule has 31 heavy (non-hydrogen) atoms. The zero-order chi connectivity index (χ0) is 22.0. The van der Waals surface area contributed by atoms with E-state index in [0.29, 0.717) is 11.4 Å². The number of urea groups is 1. The number of benzene rings is 2. The number of aryl methyl sites for hydroxylation is 1. The SMILES string of the molecule is COc1ccccc1CN1C(=O)N[C@@H](CCC(=O)Nc2ccc3ccn(C)c3c2)C1=O. The van der Waals surface area contributed by atoms with Gasteiger partial charge >= 0.3 is 6.03 Å². The van der Waals surface area contributed by atoms with E-state index in [1.807, 2.05) is 60.3 Å². The summed E-state index contributed by atoms with van der Waals surface area (Å²) in [5.74, 6) is 0.0637. The molecule has 1 saturated heterocycles. The lowest BCUT2D eigenvalue weighted by atomic mass is 10.1. The molecule has 0 aliphatic carbocycles. The molecule has 0 saturated carbocycles. The zero-order valence-corrected chi connectivity index (χ0v) is 17.4. The Kier molecular flexibility index (Phi) is 5.62. The van der Waals surface area contributed by atoms with Crippen molar-refractivity contribution in [3.63, 3.8) is 0 Å². The van der Waals surface area contributed by atoms with Gasteiger partial charge in [-0.1, -0.05) is 24.3 Å². The van der Waals surface area contributed by atoms with Gasteiger partial charge in [0.05, 0.1) is 13.7 Å². The first-order valence-electron chi connectivity index (χ1n) is 10.0. The molecule has 3 aromatic rings. The molecule has 8 nitrogen and oxygen atoms in total.